The van der Waals surface area contributed by atoms with E-state index in [1.54, 1.807) is 29.7 Å². The normalized spacial score (nSPS) is 12.7. The lowest BCUT2D eigenvalue weighted by Gasteiger charge is -2.19. The first-order valence-corrected chi connectivity index (χ1v) is 8.90. The molecule has 1 heterocycles. The van der Waals surface area contributed by atoms with Gasteiger partial charge in [0, 0.05) is 16.9 Å². The van der Waals surface area contributed by atoms with Gasteiger partial charge in [-0.25, -0.2) is 13.8 Å². The molecule has 1 atom stereocenters. The number of hydrogen-bond acceptors (Lipinski definition) is 3. The second-order valence-electron chi connectivity index (χ2n) is 6.08. The van der Waals surface area contributed by atoms with Crippen molar-refractivity contribution in [2.75, 3.05) is 0 Å². The smallest absolute Gasteiger partial charge is 0.262 e. The molecule has 0 aliphatic rings. The van der Waals surface area contributed by atoms with Crippen molar-refractivity contribution in [1.82, 2.24) is 9.55 Å². The molecule has 0 N–H and O–H groups in total. The maximum atomic E-state index is 14.1. The highest BCUT2D eigenvalue weighted by Gasteiger charge is 2.21. The number of halogens is 2. The van der Waals surface area contributed by atoms with Gasteiger partial charge in [0.25, 0.3) is 5.56 Å². The number of benzene rings is 2. The Morgan fingerprint density at radius 1 is 1.00 bits per heavy atom. The van der Waals surface area contributed by atoms with Crippen LogP contribution in [0, 0.1) is 11.6 Å². The summed E-state index contributed by atoms with van der Waals surface area (Å²) < 4.78 is 29.7. The van der Waals surface area contributed by atoms with Crippen molar-refractivity contribution in [3.63, 3.8) is 0 Å². The predicted molar refractivity (Wildman–Crippen MR) is 97.0 cm³/mol. The van der Waals surface area contributed by atoms with Crippen molar-refractivity contribution in [1.29, 1.82) is 0 Å². The molecule has 1 unspecified atom stereocenters. The second-order valence-corrected chi connectivity index (χ2v) is 7.38. The quantitative estimate of drug-likeness (QED) is 0.479. The lowest BCUT2D eigenvalue weighted by atomic mass is 10.1. The molecule has 0 radical (unpaired) electrons. The molecular formula is C19H18F2N2OS. The Labute approximate surface area is 148 Å². The summed E-state index contributed by atoms with van der Waals surface area (Å²) in [5, 5.41) is 0.457. The van der Waals surface area contributed by atoms with E-state index in [9.17, 15) is 13.6 Å². The molecule has 25 heavy (non-hydrogen) atoms. The SMILES string of the molecule is CC(Sc1nc2ccccc2c(=O)n1C(C)C)c1c(F)cccc1F. The van der Waals surface area contributed by atoms with Crippen LogP contribution in [0.2, 0.25) is 0 Å². The van der Waals surface area contributed by atoms with Crippen molar-refractivity contribution in [3.05, 3.63) is 70.0 Å². The number of nitrogens with zero attached hydrogens (tertiary/aromatic N) is 2. The number of hydrogen-bond donors (Lipinski definition) is 0. The molecule has 0 saturated carbocycles. The van der Waals surface area contributed by atoms with Crippen LogP contribution in [0.15, 0.2) is 52.4 Å². The predicted octanol–water partition coefficient (Wildman–Crippen LogP) is 5.11. The maximum Gasteiger partial charge on any atom is 0.262 e. The maximum absolute atomic E-state index is 14.1. The van der Waals surface area contributed by atoms with E-state index >= 15 is 0 Å². The third kappa shape index (κ3) is 3.31. The highest BCUT2D eigenvalue weighted by atomic mass is 32.2. The van der Waals surface area contributed by atoms with E-state index in [4.69, 9.17) is 0 Å². The number of thioether (sulfide) groups is 1. The van der Waals surface area contributed by atoms with Crippen LogP contribution in [0.5, 0.6) is 0 Å². The van der Waals surface area contributed by atoms with Crippen LogP contribution in [0.1, 0.15) is 37.6 Å². The summed E-state index contributed by atoms with van der Waals surface area (Å²) in [5.41, 5.74) is 0.419. The van der Waals surface area contributed by atoms with Crippen molar-refractivity contribution >= 4 is 22.7 Å². The van der Waals surface area contributed by atoms with Crippen molar-refractivity contribution in [2.24, 2.45) is 0 Å². The molecular weight excluding hydrogens is 342 g/mol. The standard InChI is InChI=1S/C19H18F2N2OS/c1-11(2)23-18(24)13-7-4-5-10-16(13)22-19(23)25-12(3)17-14(20)8-6-9-15(17)21/h4-12H,1-3H3. The average molecular weight is 360 g/mol. The summed E-state index contributed by atoms with van der Waals surface area (Å²) in [7, 11) is 0. The number of rotatable bonds is 4. The van der Waals surface area contributed by atoms with E-state index in [0.717, 1.165) is 0 Å². The zero-order valence-corrected chi connectivity index (χ0v) is 15.0. The van der Waals surface area contributed by atoms with Gasteiger partial charge in [-0.1, -0.05) is 30.0 Å². The Hall–Kier alpha value is -2.21. The molecule has 3 nitrogen and oxygen atoms in total. The Balaban J connectivity index is 2.12. The summed E-state index contributed by atoms with van der Waals surface area (Å²) >= 11 is 1.18. The minimum Gasteiger partial charge on any atom is -0.285 e. The Bertz CT molecular complexity index is 965. The van der Waals surface area contributed by atoms with E-state index in [1.165, 1.54) is 30.0 Å². The topological polar surface area (TPSA) is 34.9 Å². The summed E-state index contributed by atoms with van der Waals surface area (Å²) in [6, 6.07) is 10.8. The summed E-state index contributed by atoms with van der Waals surface area (Å²) in [5.74, 6) is -1.20. The molecule has 0 saturated heterocycles. The third-order valence-corrected chi connectivity index (χ3v) is 5.07. The highest BCUT2D eigenvalue weighted by Crippen LogP contribution is 2.37. The van der Waals surface area contributed by atoms with Crippen LogP contribution >= 0.6 is 11.8 Å². The van der Waals surface area contributed by atoms with E-state index in [1.807, 2.05) is 19.9 Å². The Morgan fingerprint density at radius 2 is 1.64 bits per heavy atom. The Morgan fingerprint density at radius 3 is 2.28 bits per heavy atom. The van der Waals surface area contributed by atoms with Crippen molar-refractivity contribution in [2.45, 2.75) is 37.2 Å². The van der Waals surface area contributed by atoms with Crippen LogP contribution in [0.3, 0.4) is 0 Å². The van der Waals surface area contributed by atoms with Gasteiger partial charge in [0.1, 0.15) is 11.6 Å². The molecule has 0 fully saturated rings. The monoisotopic (exact) mass is 360 g/mol. The number of para-hydroxylation sites is 1. The summed E-state index contributed by atoms with van der Waals surface area (Å²) in [6.07, 6.45) is 0. The number of fused-ring (bicyclic) bond motifs is 1. The van der Waals surface area contributed by atoms with E-state index in [2.05, 4.69) is 4.98 Å². The highest BCUT2D eigenvalue weighted by molar-refractivity contribution is 7.99. The lowest BCUT2D eigenvalue weighted by molar-refractivity contribution is 0.517. The largest absolute Gasteiger partial charge is 0.285 e. The first-order chi connectivity index (χ1) is 11.9. The molecule has 1 aromatic heterocycles. The molecule has 2 aromatic carbocycles. The van der Waals surface area contributed by atoms with Gasteiger partial charge in [-0.3, -0.25) is 9.36 Å². The lowest BCUT2D eigenvalue weighted by Crippen LogP contribution is -2.25. The van der Waals surface area contributed by atoms with Crippen LogP contribution in [-0.2, 0) is 0 Å². The van der Waals surface area contributed by atoms with E-state index in [0.29, 0.717) is 16.1 Å². The average Bonchev–Trinajstić information content (AvgIpc) is 2.54. The van der Waals surface area contributed by atoms with Crippen LogP contribution in [-0.4, -0.2) is 9.55 Å². The fraction of sp³-hybridized carbons (Fsp3) is 0.263. The minimum absolute atomic E-state index is 0.00906. The zero-order chi connectivity index (χ0) is 18.1. The molecule has 6 heteroatoms. The van der Waals surface area contributed by atoms with Gasteiger partial charge in [0.05, 0.1) is 10.9 Å². The van der Waals surface area contributed by atoms with Crippen LogP contribution in [0.4, 0.5) is 8.78 Å². The number of aromatic nitrogens is 2. The minimum atomic E-state index is -0.598. The molecule has 0 bridgehead atoms. The van der Waals surface area contributed by atoms with Gasteiger partial charge in [0.15, 0.2) is 5.16 Å². The molecule has 0 aliphatic carbocycles. The van der Waals surface area contributed by atoms with Gasteiger partial charge < -0.3 is 0 Å². The second kappa shape index (κ2) is 6.96. The molecule has 130 valence electrons. The molecule has 3 aromatic rings. The summed E-state index contributed by atoms with van der Waals surface area (Å²) in [6.45, 7) is 5.48. The molecule has 0 amide bonds. The van der Waals surface area contributed by atoms with Gasteiger partial charge in [-0.05, 0) is 45.0 Å². The molecule has 0 spiro atoms. The zero-order valence-electron chi connectivity index (χ0n) is 14.2. The first kappa shape index (κ1) is 17.6. The fourth-order valence-electron chi connectivity index (χ4n) is 2.78. The Kier molecular flexibility index (Phi) is 4.90. The fourth-order valence-corrected chi connectivity index (χ4v) is 4.00. The van der Waals surface area contributed by atoms with Crippen LogP contribution in [0.25, 0.3) is 10.9 Å². The van der Waals surface area contributed by atoms with Crippen molar-refractivity contribution in [3.8, 4) is 0 Å². The van der Waals surface area contributed by atoms with Crippen LogP contribution < -0.4 is 5.56 Å². The van der Waals surface area contributed by atoms with Crippen molar-refractivity contribution < 1.29 is 8.78 Å². The third-order valence-electron chi connectivity index (χ3n) is 3.98. The van der Waals surface area contributed by atoms with E-state index in [-0.39, 0.29) is 17.2 Å². The van der Waals surface area contributed by atoms with Gasteiger partial charge in [-0.2, -0.15) is 0 Å². The summed E-state index contributed by atoms with van der Waals surface area (Å²) in [4.78, 5) is 17.4. The first-order valence-electron chi connectivity index (χ1n) is 8.02. The van der Waals surface area contributed by atoms with Gasteiger partial charge >= 0.3 is 0 Å². The van der Waals surface area contributed by atoms with E-state index < -0.39 is 16.9 Å². The van der Waals surface area contributed by atoms with Gasteiger partial charge in [-0.15, -0.1) is 0 Å². The van der Waals surface area contributed by atoms with Gasteiger partial charge in [0.2, 0.25) is 0 Å². The molecule has 3 rings (SSSR count). The molecule has 0 aliphatic heterocycles.